The summed E-state index contributed by atoms with van der Waals surface area (Å²) in [6, 6.07) is 20.5. The molecule has 0 spiro atoms. The predicted octanol–water partition coefficient (Wildman–Crippen LogP) is 5.16. The van der Waals surface area contributed by atoms with Crippen LogP contribution in [0.5, 0.6) is 0 Å². The maximum Gasteiger partial charge on any atom is 0.317 e. The Bertz CT molecular complexity index is 957. The molecular formula is C21H18ClNO3S. The number of fused-ring (bicyclic) bond motifs is 1. The second-order valence-electron chi connectivity index (χ2n) is 5.87. The number of carbonyl (C=O) groups excluding carboxylic acids is 2. The molecule has 0 radical (unpaired) electrons. The monoisotopic (exact) mass is 399 g/mol. The molecule has 3 aromatic rings. The normalized spacial score (nSPS) is 11.8. The second kappa shape index (κ2) is 8.93. The summed E-state index contributed by atoms with van der Waals surface area (Å²) in [7, 11) is 0. The average Bonchev–Trinajstić information content (AvgIpc) is 2.67. The Labute approximate surface area is 166 Å². The number of rotatable bonds is 6. The fraction of sp³-hybridized carbons (Fsp3) is 0.143. The molecule has 0 aliphatic rings. The van der Waals surface area contributed by atoms with Gasteiger partial charge in [-0.25, -0.2) is 0 Å². The van der Waals surface area contributed by atoms with Crippen molar-refractivity contribution in [3.8, 4) is 0 Å². The molecular weight excluding hydrogens is 382 g/mol. The zero-order chi connectivity index (χ0) is 19.2. The van der Waals surface area contributed by atoms with Crippen LogP contribution in [0, 0.1) is 0 Å². The molecule has 1 N–H and O–H groups in total. The molecule has 0 aliphatic carbocycles. The smallest absolute Gasteiger partial charge is 0.317 e. The Balaban J connectivity index is 1.58. The minimum atomic E-state index is -0.880. The molecule has 138 valence electrons. The van der Waals surface area contributed by atoms with E-state index < -0.39 is 12.1 Å². The molecule has 0 aromatic heterocycles. The third-order valence-electron chi connectivity index (χ3n) is 3.88. The average molecular weight is 400 g/mol. The van der Waals surface area contributed by atoms with Gasteiger partial charge in [0.1, 0.15) is 0 Å². The van der Waals surface area contributed by atoms with Crippen molar-refractivity contribution in [2.45, 2.75) is 17.9 Å². The quantitative estimate of drug-likeness (QED) is 0.459. The SMILES string of the molecule is C[C@@H](OC(=O)CSc1cccc2cccc(Cl)c12)C(=O)Nc1ccccc1. The van der Waals surface area contributed by atoms with Crippen molar-refractivity contribution in [2.75, 3.05) is 11.1 Å². The highest BCUT2D eigenvalue weighted by Crippen LogP contribution is 2.33. The Morgan fingerprint density at radius 3 is 2.48 bits per heavy atom. The van der Waals surface area contributed by atoms with Crippen molar-refractivity contribution in [3.63, 3.8) is 0 Å². The lowest BCUT2D eigenvalue weighted by molar-refractivity contribution is -0.150. The molecule has 3 aromatic carbocycles. The molecule has 4 nitrogen and oxygen atoms in total. The summed E-state index contributed by atoms with van der Waals surface area (Å²) < 4.78 is 5.24. The minimum absolute atomic E-state index is 0.0906. The van der Waals surface area contributed by atoms with Crippen molar-refractivity contribution < 1.29 is 14.3 Å². The van der Waals surface area contributed by atoms with Gasteiger partial charge in [-0.2, -0.15) is 0 Å². The summed E-state index contributed by atoms with van der Waals surface area (Å²) in [4.78, 5) is 25.2. The molecule has 27 heavy (non-hydrogen) atoms. The van der Waals surface area contributed by atoms with E-state index in [1.807, 2.05) is 54.6 Å². The van der Waals surface area contributed by atoms with Crippen molar-refractivity contribution >= 4 is 51.7 Å². The maximum atomic E-state index is 12.1. The highest BCUT2D eigenvalue weighted by atomic mass is 35.5. The number of halogens is 1. The van der Waals surface area contributed by atoms with Crippen LogP contribution < -0.4 is 5.32 Å². The van der Waals surface area contributed by atoms with Gasteiger partial charge >= 0.3 is 5.97 Å². The van der Waals surface area contributed by atoms with E-state index in [-0.39, 0.29) is 11.7 Å². The molecule has 1 amide bonds. The van der Waals surface area contributed by atoms with Gasteiger partial charge in [-0.3, -0.25) is 9.59 Å². The number of ether oxygens (including phenoxy) is 1. The van der Waals surface area contributed by atoms with E-state index in [2.05, 4.69) is 5.32 Å². The number of amides is 1. The van der Waals surface area contributed by atoms with Crippen LogP contribution >= 0.6 is 23.4 Å². The number of hydrogen-bond donors (Lipinski definition) is 1. The van der Waals surface area contributed by atoms with Crippen LogP contribution in [0.1, 0.15) is 6.92 Å². The molecule has 0 aliphatic heterocycles. The van der Waals surface area contributed by atoms with Crippen LogP contribution in [0.4, 0.5) is 5.69 Å². The van der Waals surface area contributed by atoms with Crippen LogP contribution in [0.3, 0.4) is 0 Å². The number of carbonyl (C=O) groups is 2. The second-order valence-corrected chi connectivity index (χ2v) is 7.29. The van der Waals surface area contributed by atoms with Crippen molar-refractivity contribution in [1.29, 1.82) is 0 Å². The van der Waals surface area contributed by atoms with Crippen LogP contribution in [0.2, 0.25) is 5.02 Å². The maximum absolute atomic E-state index is 12.1. The Kier molecular flexibility index (Phi) is 6.37. The summed E-state index contributed by atoms with van der Waals surface area (Å²) in [5, 5.41) is 5.27. The van der Waals surface area contributed by atoms with E-state index in [4.69, 9.17) is 16.3 Å². The van der Waals surface area contributed by atoms with E-state index in [0.29, 0.717) is 10.7 Å². The third-order valence-corrected chi connectivity index (χ3v) is 5.23. The number of anilines is 1. The van der Waals surface area contributed by atoms with Crippen LogP contribution in [-0.2, 0) is 14.3 Å². The lowest BCUT2D eigenvalue weighted by Gasteiger charge is -2.14. The molecule has 1 atom stereocenters. The number of benzene rings is 3. The Morgan fingerprint density at radius 2 is 1.74 bits per heavy atom. The van der Waals surface area contributed by atoms with Gasteiger partial charge in [0.25, 0.3) is 5.91 Å². The summed E-state index contributed by atoms with van der Waals surface area (Å²) in [6.07, 6.45) is -0.880. The number of hydrogen-bond acceptors (Lipinski definition) is 4. The van der Waals surface area contributed by atoms with Gasteiger partial charge in [0.15, 0.2) is 6.10 Å². The van der Waals surface area contributed by atoms with Gasteiger partial charge < -0.3 is 10.1 Å². The summed E-state index contributed by atoms with van der Waals surface area (Å²) in [5.74, 6) is -0.736. The standard InChI is InChI=1S/C21H18ClNO3S/c1-14(21(25)23-16-9-3-2-4-10-16)26-19(24)13-27-18-12-6-8-15-7-5-11-17(22)20(15)18/h2-12,14H,13H2,1H3,(H,23,25)/t14-/m1/s1. The number of thioether (sulfide) groups is 1. The zero-order valence-electron chi connectivity index (χ0n) is 14.6. The van der Waals surface area contributed by atoms with E-state index in [0.717, 1.165) is 15.7 Å². The molecule has 0 saturated carbocycles. The van der Waals surface area contributed by atoms with E-state index in [9.17, 15) is 9.59 Å². The predicted molar refractivity (Wildman–Crippen MR) is 110 cm³/mol. The molecule has 0 heterocycles. The van der Waals surface area contributed by atoms with Crippen molar-refractivity contribution in [1.82, 2.24) is 0 Å². The van der Waals surface area contributed by atoms with E-state index >= 15 is 0 Å². The first-order valence-electron chi connectivity index (χ1n) is 8.40. The molecule has 0 fully saturated rings. The van der Waals surface area contributed by atoms with Crippen molar-refractivity contribution in [3.05, 3.63) is 71.8 Å². The van der Waals surface area contributed by atoms with Gasteiger partial charge in [0.2, 0.25) is 0 Å². The van der Waals surface area contributed by atoms with Gasteiger partial charge in [-0.05, 0) is 36.6 Å². The van der Waals surface area contributed by atoms with Crippen molar-refractivity contribution in [2.24, 2.45) is 0 Å². The van der Waals surface area contributed by atoms with Crippen LogP contribution in [0.15, 0.2) is 71.6 Å². The molecule has 0 saturated heterocycles. The third kappa shape index (κ3) is 5.02. The lowest BCUT2D eigenvalue weighted by atomic mass is 10.1. The van der Waals surface area contributed by atoms with Gasteiger partial charge in [-0.1, -0.05) is 54.1 Å². The summed E-state index contributed by atoms with van der Waals surface area (Å²) in [6.45, 7) is 1.55. The van der Waals surface area contributed by atoms with E-state index in [1.165, 1.54) is 11.8 Å². The Hall–Kier alpha value is -2.50. The van der Waals surface area contributed by atoms with Gasteiger partial charge in [0, 0.05) is 21.0 Å². The summed E-state index contributed by atoms with van der Waals surface area (Å²) in [5.41, 5.74) is 0.658. The molecule has 0 bridgehead atoms. The first-order chi connectivity index (χ1) is 13.0. The first kappa shape index (κ1) is 19.3. The highest BCUT2D eigenvalue weighted by molar-refractivity contribution is 8.00. The van der Waals surface area contributed by atoms with Crippen LogP contribution in [-0.4, -0.2) is 23.7 Å². The van der Waals surface area contributed by atoms with Crippen LogP contribution in [0.25, 0.3) is 10.8 Å². The number of para-hydroxylation sites is 1. The first-order valence-corrected chi connectivity index (χ1v) is 9.76. The van der Waals surface area contributed by atoms with E-state index in [1.54, 1.807) is 19.1 Å². The molecule has 0 unspecified atom stereocenters. The summed E-state index contributed by atoms with van der Waals surface area (Å²) >= 11 is 7.64. The van der Waals surface area contributed by atoms with Gasteiger partial charge in [0.05, 0.1) is 5.75 Å². The minimum Gasteiger partial charge on any atom is -0.452 e. The number of nitrogens with one attached hydrogen (secondary N) is 1. The topological polar surface area (TPSA) is 55.4 Å². The zero-order valence-corrected chi connectivity index (χ0v) is 16.2. The lowest BCUT2D eigenvalue weighted by Crippen LogP contribution is -2.30. The molecule has 3 rings (SSSR count). The highest BCUT2D eigenvalue weighted by Gasteiger charge is 2.18. The number of esters is 1. The fourth-order valence-electron chi connectivity index (χ4n) is 2.57. The molecule has 6 heteroatoms. The fourth-order valence-corrected chi connectivity index (χ4v) is 3.80. The largest absolute Gasteiger partial charge is 0.452 e. The Morgan fingerprint density at radius 1 is 1.04 bits per heavy atom. The van der Waals surface area contributed by atoms with Gasteiger partial charge in [-0.15, -0.1) is 11.8 Å².